The fraction of sp³-hybridized carbons (Fsp3) is 0.286. The minimum atomic E-state index is -0.406. The summed E-state index contributed by atoms with van der Waals surface area (Å²) in [5.41, 5.74) is 11.2. The van der Waals surface area contributed by atoms with E-state index >= 15 is 0 Å². The molecule has 0 aromatic heterocycles. The number of fused-ring (bicyclic) bond motifs is 2. The van der Waals surface area contributed by atoms with Crippen LogP contribution in [0.2, 0.25) is 0 Å². The van der Waals surface area contributed by atoms with Gasteiger partial charge in [-0.1, -0.05) is 42.5 Å². The Kier molecular flexibility index (Phi) is 9.28. The summed E-state index contributed by atoms with van der Waals surface area (Å²) in [6, 6.07) is 31.6. The number of nitrogens with two attached hydrogens (primary N) is 1. The number of methoxy groups -OCH3 is 2. The summed E-state index contributed by atoms with van der Waals surface area (Å²) in [6.45, 7) is 4.35. The van der Waals surface area contributed by atoms with Gasteiger partial charge in [0.2, 0.25) is 5.91 Å². The van der Waals surface area contributed by atoms with E-state index < -0.39 is 5.91 Å². The van der Waals surface area contributed by atoms with Crippen LogP contribution < -0.4 is 15.2 Å². The van der Waals surface area contributed by atoms with Crippen molar-refractivity contribution >= 4 is 29.4 Å². The van der Waals surface area contributed by atoms with Gasteiger partial charge in [0.15, 0.2) is 0 Å². The third-order valence-electron chi connectivity index (χ3n) is 8.19. The Morgan fingerprint density at radius 3 is 2.23 bits per heavy atom. The fourth-order valence-electron chi connectivity index (χ4n) is 6.07. The highest BCUT2D eigenvalue weighted by Crippen LogP contribution is 2.44. The summed E-state index contributed by atoms with van der Waals surface area (Å²) >= 11 is 3.86. The maximum Gasteiger partial charge on any atom is 0.248 e. The van der Waals surface area contributed by atoms with Gasteiger partial charge in [0.1, 0.15) is 11.5 Å². The largest absolute Gasteiger partial charge is 0.497 e. The van der Waals surface area contributed by atoms with Crippen LogP contribution in [0.5, 0.6) is 11.5 Å². The van der Waals surface area contributed by atoms with Gasteiger partial charge < -0.3 is 15.2 Å². The number of primary amides is 1. The average molecular weight is 612 g/mol. The maximum absolute atomic E-state index is 12.0. The zero-order valence-corrected chi connectivity index (χ0v) is 26.2. The van der Waals surface area contributed by atoms with E-state index in [-0.39, 0.29) is 11.3 Å². The van der Waals surface area contributed by atoms with E-state index in [9.17, 15) is 4.79 Å². The predicted octanol–water partition coefficient (Wildman–Crippen LogP) is 6.63. The lowest BCUT2D eigenvalue weighted by Crippen LogP contribution is -2.40. The summed E-state index contributed by atoms with van der Waals surface area (Å²) in [6.07, 6.45) is 0. The predicted molar refractivity (Wildman–Crippen MR) is 175 cm³/mol. The molecule has 4 aromatic rings. The molecule has 0 bridgehead atoms. The summed E-state index contributed by atoms with van der Waals surface area (Å²) in [5, 5.41) is 0.218. The number of amides is 1. The van der Waals surface area contributed by atoms with Crippen LogP contribution >= 0.6 is 23.5 Å². The third-order valence-corrected chi connectivity index (χ3v) is 10.6. The molecule has 0 saturated carbocycles. The van der Waals surface area contributed by atoms with Crippen LogP contribution in [0.1, 0.15) is 38.7 Å². The van der Waals surface area contributed by atoms with Crippen molar-refractivity contribution in [1.29, 1.82) is 0 Å². The number of benzene rings is 4. The van der Waals surface area contributed by atoms with Crippen molar-refractivity contribution in [2.24, 2.45) is 5.73 Å². The minimum Gasteiger partial charge on any atom is -0.497 e. The number of carbonyl (C=O) groups is 1. The van der Waals surface area contributed by atoms with Crippen molar-refractivity contribution in [2.75, 3.05) is 33.1 Å². The lowest BCUT2D eigenvalue weighted by molar-refractivity contribution is 0.1000. The number of nitrogens with zero attached hydrogens (tertiary/aromatic N) is 2. The van der Waals surface area contributed by atoms with Crippen molar-refractivity contribution in [1.82, 2.24) is 9.80 Å². The SMILES string of the molecule is COc1ccc2c(c1)CN(C(c1ccc(C(N)=O)cc1)C1CN(Cc3ccccc3)Cc3cc(OC)ccc3S1)CCS2. The monoisotopic (exact) mass is 611 g/mol. The zero-order chi connectivity index (χ0) is 29.8. The lowest BCUT2D eigenvalue weighted by atomic mass is 9.98. The average Bonchev–Trinajstić information content (AvgIpc) is 3.34. The van der Waals surface area contributed by atoms with Gasteiger partial charge in [-0.2, -0.15) is 0 Å². The highest BCUT2D eigenvalue weighted by Gasteiger charge is 2.35. The molecular formula is C35H37N3O3S2. The molecule has 0 radical (unpaired) electrons. The first kappa shape index (κ1) is 29.6. The topological polar surface area (TPSA) is 68.0 Å². The molecule has 2 aliphatic heterocycles. The smallest absolute Gasteiger partial charge is 0.248 e. The molecule has 0 aliphatic carbocycles. The van der Waals surface area contributed by atoms with Crippen LogP contribution in [0.3, 0.4) is 0 Å². The first-order valence-corrected chi connectivity index (χ1v) is 16.4. The van der Waals surface area contributed by atoms with E-state index in [2.05, 4.69) is 88.7 Å². The maximum atomic E-state index is 12.0. The molecule has 4 aromatic carbocycles. The molecule has 43 heavy (non-hydrogen) atoms. The van der Waals surface area contributed by atoms with Gasteiger partial charge in [-0.3, -0.25) is 14.6 Å². The number of hydrogen-bond donors (Lipinski definition) is 1. The van der Waals surface area contributed by atoms with Gasteiger partial charge >= 0.3 is 0 Å². The molecule has 0 spiro atoms. The second-order valence-corrected chi connectivity index (χ2v) is 13.4. The second-order valence-electron chi connectivity index (χ2n) is 11.0. The van der Waals surface area contributed by atoms with Crippen LogP contribution in [0.15, 0.2) is 101 Å². The lowest BCUT2D eigenvalue weighted by Gasteiger charge is -2.38. The Hall–Kier alpha value is -3.43. The van der Waals surface area contributed by atoms with Gasteiger partial charge in [0.05, 0.1) is 14.2 Å². The van der Waals surface area contributed by atoms with Crippen LogP contribution in [-0.2, 0) is 19.6 Å². The Labute approximate surface area is 262 Å². The molecule has 1 amide bonds. The first-order chi connectivity index (χ1) is 21.0. The number of rotatable bonds is 8. The normalized spacial score (nSPS) is 18.0. The summed E-state index contributed by atoms with van der Waals surface area (Å²) < 4.78 is 11.2. The Morgan fingerprint density at radius 2 is 1.56 bits per heavy atom. The zero-order valence-electron chi connectivity index (χ0n) is 24.6. The van der Waals surface area contributed by atoms with E-state index in [4.69, 9.17) is 15.2 Å². The van der Waals surface area contributed by atoms with Crippen molar-refractivity contribution in [3.63, 3.8) is 0 Å². The van der Waals surface area contributed by atoms with Crippen LogP contribution in [-0.4, -0.2) is 54.0 Å². The third kappa shape index (κ3) is 6.88. The number of ether oxygens (including phenoxy) is 2. The summed E-state index contributed by atoms with van der Waals surface area (Å²) in [5.74, 6) is 2.35. The van der Waals surface area contributed by atoms with E-state index in [1.165, 1.54) is 32.0 Å². The molecule has 2 N–H and O–H groups in total. The van der Waals surface area contributed by atoms with Gasteiger partial charge in [0.25, 0.3) is 0 Å². The quantitative estimate of drug-likeness (QED) is 0.240. The van der Waals surface area contributed by atoms with Crippen LogP contribution in [0.25, 0.3) is 0 Å². The Balaban J connectivity index is 1.42. The minimum absolute atomic E-state index is 0.0935. The molecule has 6 rings (SSSR count). The van der Waals surface area contributed by atoms with Gasteiger partial charge in [-0.05, 0) is 70.8 Å². The molecule has 2 atom stereocenters. The standard InChI is InChI=1S/C35H37N3O3S2/c1-40-29-12-14-31-28(19-29)22-38(16-17-42-31)34(25-8-10-26(11-9-25)35(36)39)33-23-37(20-24-6-4-3-5-7-24)21-27-18-30(41-2)13-15-32(27)43-33/h3-15,18-19,33-34H,16-17,20-23H2,1-2H3,(H2,36,39). The molecule has 8 heteroatoms. The fourth-order valence-corrected chi connectivity index (χ4v) is 8.58. The number of carbonyl (C=O) groups excluding carboxylic acids is 1. The molecule has 6 nitrogen and oxygen atoms in total. The van der Waals surface area contributed by atoms with Crippen molar-refractivity contribution in [2.45, 2.75) is 40.7 Å². The van der Waals surface area contributed by atoms with Crippen molar-refractivity contribution in [3.05, 3.63) is 119 Å². The van der Waals surface area contributed by atoms with E-state index in [0.29, 0.717) is 5.56 Å². The Morgan fingerprint density at radius 1 is 0.884 bits per heavy atom. The molecular weight excluding hydrogens is 575 g/mol. The highest BCUT2D eigenvalue weighted by molar-refractivity contribution is 8.00. The molecule has 0 fully saturated rings. The molecule has 2 heterocycles. The number of hydrogen-bond acceptors (Lipinski definition) is 7. The van der Waals surface area contributed by atoms with Crippen LogP contribution in [0.4, 0.5) is 0 Å². The van der Waals surface area contributed by atoms with Crippen molar-refractivity contribution < 1.29 is 14.3 Å². The van der Waals surface area contributed by atoms with Crippen LogP contribution in [0, 0.1) is 0 Å². The van der Waals surface area contributed by atoms with Gasteiger partial charge in [-0.25, -0.2) is 0 Å². The molecule has 2 aliphatic rings. The summed E-state index contributed by atoms with van der Waals surface area (Å²) in [7, 11) is 3.45. The molecule has 222 valence electrons. The highest BCUT2D eigenvalue weighted by atomic mass is 32.2. The first-order valence-electron chi connectivity index (χ1n) is 14.5. The van der Waals surface area contributed by atoms with E-state index in [1.54, 1.807) is 14.2 Å². The molecule has 2 unspecified atom stereocenters. The van der Waals surface area contributed by atoms with Gasteiger partial charge in [-0.15, -0.1) is 23.5 Å². The van der Waals surface area contributed by atoms with Crippen molar-refractivity contribution in [3.8, 4) is 11.5 Å². The van der Waals surface area contributed by atoms with E-state index in [0.717, 1.165) is 50.0 Å². The Bertz CT molecular complexity index is 1560. The van der Waals surface area contributed by atoms with Gasteiger partial charge in [0, 0.05) is 65.1 Å². The molecule has 0 saturated heterocycles. The second kappa shape index (κ2) is 13.5. The van der Waals surface area contributed by atoms with E-state index in [1.807, 2.05) is 35.7 Å². The summed E-state index contributed by atoms with van der Waals surface area (Å²) in [4.78, 5) is 19.7. The number of thioether (sulfide) groups is 2.